The van der Waals surface area contributed by atoms with Crippen LogP contribution in [0.1, 0.15) is 46.5 Å². The van der Waals surface area contributed by atoms with Gasteiger partial charge in [0.05, 0.1) is 6.26 Å². The van der Waals surface area contributed by atoms with Gasteiger partial charge in [-0.15, -0.1) is 0 Å². The second-order valence-electron chi connectivity index (χ2n) is 8.77. The predicted octanol–water partition coefficient (Wildman–Crippen LogP) is 4.14. The molecule has 0 bridgehead atoms. The summed E-state index contributed by atoms with van der Waals surface area (Å²) in [5.74, 6) is 0.680. The number of ether oxygens (including phenoxy) is 1. The van der Waals surface area contributed by atoms with E-state index in [4.69, 9.17) is 9.15 Å². The molecule has 170 valence electrons. The Hall–Kier alpha value is -3.54. The van der Waals surface area contributed by atoms with Crippen LogP contribution >= 0.6 is 0 Å². The molecule has 1 atom stereocenters. The van der Waals surface area contributed by atoms with Gasteiger partial charge in [-0.3, -0.25) is 9.59 Å². The van der Waals surface area contributed by atoms with Crippen LogP contribution in [0.25, 0.3) is 0 Å². The number of hydrogen-bond donors (Lipinski definition) is 1. The molecule has 33 heavy (non-hydrogen) atoms. The minimum Gasteiger partial charge on any atom is -0.490 e. The van der Waals surface area contributed by atoms with Crippen molar-refractivity contribution in [3.63, 3.8) is 0 Å². The summed E-state index contributed by atoms with van der Waals surface area (Å²) in [6.45, 7) is 0.974. The van der Waals surface area contributed by atoms with E-state index in [0.29, 0.717) is 19.5 Å². The Labute approximate surface area is 193 Å². The van der Waals surface area contributed by atoms with Crippen molar-refractivity contribution < 1.29 is 18.7 Å². The number of nitrogens with one attached hydrogen (secondary N) is 1. The van der Waals surface area contributed by atoms with Gasteiger partial charge in [0.25, 0.3) is 5.91 Å². The molecular weight excluding hydrogens is 416 g/mol. The average molecular weight is 445 g/mol. The van der Waals surface area contributed by atoms with Crippen LogP contribution in [0.4, 0.5) is 0 Å². The van der Waals surface area contributed by atoms with Crippen molar-refractivity contribution >= 4 is 11.8 Å². The van der Waals surface area contributed by atoms with E-state index in [1.807, 2.05) is 24.3 Å². The molecule has 5 rings (SSSR count). The van der Waals surface area contributed by atoms with Gasteiger partial charge in [-0.25, -0.2) is 0 Å². The van der Waals surface area contributed by atoms with Crippen LogP contribution < -0.4 is 10.1 Å². The summed E-state index contributed by atoms with van der Waals surface area (Å²) in [6.07, 6.45) is 5.90. The number of fused-ring (bicyclic) bond motifs is 1. The molecule has 3 aromatic rings. The summed E-state index contributed by atoms with van der Waals surface area (Å²) in [7, 11) is 0. The first-order chi connectivity index (χ1) is 16.2. The molecule has 0 spiro atoms. The minimum absolute atomic E-state index is 0.104. The number of hydrogen-bond acceptors (Lipinski definition) is 4. The van der Waals surface area contributed by atoms with E-state index in [-0.39, 0.29) is 23.7 Å². The molecule has 1 saturated heterocycles. The van der Waals surface area contributed by atoms with Gasteiger partial charge in [0.2, 0.25) is 5.91 Å². The van der Waals surface area contributed by atoms with Crippen LogP contribution in [0, 0.1) is 0 Å². The van der Waals surface area contributed by atoms with Gasteiger partial charge in [-0.1, -0.05) is 36.4 Å². The largest absolute Gasteiger partial charge is 0.490 e. The topological polar surface area (TPSA) is 71.8 Å². The molecule has 2 aromatic carbocycles. The highest BCUT2D eigenvalue weighted by molar-refractivity contribution is 5.95. The quantitative estimate of drug-likeness (QED) is 0.620. The Morgan fingerprint density at radius 1 is 1.00 bits per heavy atom. The average Bonchev–Trinajstić information content (AvgIpc) is 3.46. The Bertz CT molecular complexity index is 1080. The second kappa shape index (κ2) is 9.53. The summed E-state index contributed by atoms with van der Waals surface area (Å²) in [5.41, 5.74) is 3.65. The van der Waals surface area contributed by atoms with E-state index in [0.717, 1.165) is 37.0 Å². The predicted molar refractivity (Wildman–Crippen MR) is 124 cm³/mol. The van der Waals surface area contributed by atoms with Crippen molar-refractivity contribution in [1.29, 1.82) is 0 Å². The summed E-state index contributed by atoms with van der Waals surface area (Å²) in [4.78, 5) is 27.5. The van der Waals surface area contributed by atoms with Crippen LogP contribution in [0.5, 0.6) is 5.75 Å². The Morgan fingerprint density at radius 3 is 2.45 bits per heavy atom. The van der Waals surface area contributed by atoms with E-state index in [9.17, 15) is 9.59 Å². The van der Waals surface area contributed by atoms with E-state index >= 15 is 0 Å². The lowest BCUT2D eigenvalue weighted by Gasteiger charge is -2.29. The molecule has 2 aliphatic rings. The number of furan rings is 1. The molecule has 0 saturated carbocycles. The SMILES string of the molecule is O=C1NCCCC[C@@H]1N(Cc1ccc(OC2Cc3ccccc3C2)cc1)C(=O)c1ccco1. The standard InChI is InChI=1S/C27H28N2O4/c30-26-24(8-3-4-14-28-26)29(27(31)25-9-5-15-32-25)18-19-10-12-22(13-11-19)33-23-16-20-6-1-2-7-21(20)17-23/h1-2,5-7,9-13,15,23-24H,3-4,8,14,16-18H2,(H,28,30)/t24-/m0/s1. The zero-order valence-electron chi connectivity index (χ0n) is 18.5. The molecule has 0 unspecified atom stereocenters. The van der Waals surface area contributed by atoms with Crippen molar-refractivity contribution in [1.82, 2.24) is 10.2 Å². The van der Waals surface area contributed by atoms with Crippen molar-refractivity contribution in [3.05, 3.63) is 89.4 Å². The van der Waals surface area contributed by atoms with Gasteiger partial charge in [-0.2, -0.15) is 0 Å². The van der Waals surface area contributed by atoms with Gasteiger partial charge in [0.1, 0.15) is 17.9 Å². The highest BCUT2D eigenvalue weighted by Crippen LogP contribution is 2.26. The highest BCUT2D eigenvalue weighted by atomic mass is 16.5. The van der Waals surface area contributed by atoms with Gasteiger partial charge in [-0.05, 0) is 60.2 Å². The number of carbonyl (C=O) groups is 2. The third-order valence-electron chi connectivity index (χ3n) is 6.47. The normalized spacial score (nSPS) is 18.3. The Balaban J connectivity index is 1.29. The first kappa shape index (κ1) is 21.3. The molecule has 0 radical (unpaired) electrons. The third-order valence-corrected chi connectivity index (χ3v) is 6.47. The monoisotopic (exact) mass is 444 g/mol. The molecule has 2 heterocycles. The van der Waals surface area contributed by atoms with Gasteiger partial charge in [0, 0.05) is 25.9 Å². The smallest absolute Gasteiger partial charge is 0.290 e. The van der Waals surface area contributed by atoms with Crippen molar-refractivity contribution in [3.8, 4) is 5.75 Å². The van der Waals surface area contributed by atoms with Crippen molar-refractivity contribution in [2.75, 3.05) is 6.54 Å². The Kier molecular flexibility index (Phi) is 6.15. The van der Waals surface area contributed by atoms with Crippen LogP contribution in [-0.4, -0.2) is 35.4 Å². The first-order valence-corrected chi connectivity index (χ1v) is 11.6. The lowest BCUT2D eigenvalue weighted by molar-refractivity contribution is -0.125. The van der Waals surface area contributed by atoms with Gasteiger partial charge < -0.3 is 19.4 Å². The van der Waals surface area contributed by atoms with Crippen LogP contribution in [-0.2, 0) is 24.2 Å². The maximum Gasteiger partial charge on any atom is 0.290 e. The molecular formula is C27H28N2O4. The molecule has 1 aliphatic heterocycles. The van der Waals surface area contributed by atoms with E-state index in [1.54, 1.807) is 17.0 Å². The number of carbonyl (C=O) groups excluding carboxylic acids is 2. The second-order valence-corrected chi connectivity index (χ2v) is 8.77. The van der Waals surface area contributed by atoms with E-state index < -0.39 is 6.04 Å². The Morgan fingerprint density at radius 2 is 1.76 bits per heavy atom. The van der Waals surface area contributed by atoms with Gasteiger partial charge >= 0.3 is 0 Å². The maximum absolute atomic E-state index is 13.2. The number of rotatable bonds is 6. The third kappa shape index (κ3) is 4.80. The molecule has 2 amide bonds. The highest BCUT2D eigenvalue weighted by Gasteiger charge is 2.32. The molecule has 6 heteroatoms. The maximum atomic E-state index is 13.2. The molecule has 1 N–H and O–H groups in total. The summed E-state index contributed by atoms with van der Waals surface area (Å²) >= 11 is 0. The fourth-order valence-electron chi connectivity index (χ4n) is 4.75. The number of benzene rings is 2. The van der Waals surface area contributed by atoms with Crippen LogP contribution in [0.2, 0.25) is 0 Å². The molecule has 6 nitrogen and oxygen atoms in total. The fraction of sp³-hybridized carbons (Fsp3) is 0.333. The lowest BCUT2D eigenvalue weighted by Crippen LogP contribution is -2.48. The molecule has 1 aromatic heterocycles. The van der Waals surface area contributed by atoms with Gasteiger partial charge in [0.15, 0.2) is 5.76 Å². The zero-order valence-corrected chi connectivity index (χ0v) is 18.5. The first-order valence-electron chi connectivity index (χ1n) is 11.6. The van der Waals surface area contributed by atoms with Crippen molar-refractivity contribution in [2.45, 2.75) is 50.8 Å². The van der Waals surface area contributed by atoms with Crippen LogP contribution in [0.15, 0.2) is 71.3 Å². The summed E-state index contributed by atoms with van der Waals surface area (Å²) in [5, 5.41) is 2.93. The minimum atomic E-state index is -0.516. The zero-order chi connectivity index (χ0) is 22.6. The van der Waals surface area contributed by atoms with Crippen molar-refractivity contribution in [2.24, 2.45) is 0 Å². The van der Waals surface area contributed by atoms with E-state index in [1.165, 1.54) is 17.4 Å². The fourth-order valence-corrected chi connectivity index (χ4v) is 4.75. The number of nitrogens with zero attached hydrogens (tertiary/aromatic N) is 1. The van der Waals surface area contributed by atoms with E-state index in [2.05, 4.69) is 29.6 Å². The molecule has 1 aliphatic carbocycles. The van der Waals surface area contributed by atoms with Crippen LogP contribution in [0.3, 0.4) is 0 Å². The molecule has 1 fully saturated rings. The lowest BCUT2D eigenvalue weighted by atomic mass is 10.1. The summed E-state index contributed by atoms with van der Waals surface area (Å²) in [6, 6.07) is 19.1. The summed E-state index contributed by atoms with van der Waals surface area (Å²) < 4.78 is 11.6. The number of amides is 2.